The van der Waals surface area contributed by atoms with Crippen molar-refractivity contribution in [2.24, 2.45) is 0 Å². The van der Waals surface area contributed by atoms with Crippen LogP contribution in [0, 0.1) is 0 Å². The van der Waals surface area contributed by atoms with E-state index in [1.54, 1.807) is 0 Å². The minimum absolute atomic E-state index is 0.0282. The van der Waals surface area contributed by atoms with E-state index in [1.165, 1.54) is 0 Å². The van der Waals surface area contributed by atoms with Crippen LogP contribution < -0.4 is 5.32 Å². The number of hydrogen-bond donors (Lipinski definition) is 2. The summed E-state index contributed by atoms with van der Waals surface area (Å²) in [7, 11) is 0. The second-order valence-electron chi connectivity index (χ2n) is 6.15. The number of urea groups is 1. The van der Waals surface area contributed by atoms with Gasteiger partial charge in [-0.2, -0.15) is 0 Å². The van der Waals surface area contributed by atoms with Gasteiger partial charge in [0.2, 0.25) is 0 Å². The van der Waals surface area contributed by atoms with E-state index >= 15 is 0 Å². The van der Waals surface area contributed by atoms with Gasteiger partial charge in [0.25, 0.3) is 0 Å². The third kappa shape index (κ3) is 4.33. The molecule has 0 bridgehead atoms. The summed E-state index contributed by atoms with van der Waals surface area (Å²) in [5.41, 5.74) is 0. The molecule has 0 unspecified atom stereocenters. The monoisotopic (exact) mass is 312 g/mol. The molecule has 2 aliphatic rings. The number of carbonyl (C=O) groups excluding carboxylic acids is 1. The van der Waals surface area contributed by atoms with Crippen molar-refractivity contribution >= 4 is 12.0 Å². The van der Waals surface area contributed by atoms with Gasteiger partial charge in [-0.3, -0.25) is 9.69 Å². The average Bonchev–Trinajstić information content (AvgIpc) is 2.48. The molecule has 0 aromatic rings. The Kier molecular flexibility index (Phi) is 6.02. The first-order chi connectivity index (χ1) is 10.5. The molecule has 0 spiro atoms. The standard InChI is InChI=1S/C15H28N4O3/c1-3-17-5-7-19(8-6-17)15(22)16-12-9-13(10-12)18(4-2)11-14(20)21/h12-13H,3-11H2,1-2H3,(H,16,22)(H,20,21). The van der Waals surface area contributed by atoms with E-state index in [0.717, 1.165) is 52.1 Å². The van der Waals surface area contributed by atoms with Crippen LogP contribution in [0.15, 0.2) is 0 Å². The molecule has 1 saturated carbocycles. The summed E-state index contributed by atoms with van der Waals surface area (Å²) in [4.78, 5) is 29.2. The second kappa shape index (κ2) is 7.78. The van der Waals surface area contributed by atoms with Gasteiger partial charge < -0.3 is 20.2 Å². The molecule has 7 heteroatoms. The minimum Gasteiger partial charge on any atom is -0.480 e. The molecule has 0 aromatic carbocycles. The Labute approximate surface area is 132 Å². The van der Waals surface area contributed by atoms with Gasteiger partial charge in [0.15, 0.2) is 0 Å². The van der Waals surface area contributed by atoms with Gasteiger partial charge in [-0.25, -0.2) is 4.79 Å². The van der Waals surface area contributed by atoms with E-state index in [4.69, 9.17) is 5.11 Å². The van der Waals surface area contributed by atoms with Gasteiger partial charge in [0.1, 0.15) is 0 Å². The van der Waals surface area contributed by atoms with Crippen LogP contribution in [-0.4, -0.2) is 89.7 Å². The molecule has 0 radical (unpaired) electrons. The SMILES string of the molecule is CCN1CCN(C(=O)NC2CC(N(CC)CC(=O)O)C2)CC1. The third-order valence-electron chi connectivity index (χ3n) is 4.81. The summed E-state index contributed by atoms with van der Waals surface area (Å²) in [6, 6.07) is 0.494. The molecule has 126 valence electrons. The van der Waals surface area contributed by atoms with Crippen molar-refractivity contribution in [3.8, 4) is 0 Å². The maximum atomic E-state index is 12.2. The van der Waals surface area contributed by atoms with E-state index in [2.05, 4.69) is 17.1 Å². The topological polar surface area (TPSA) is 76.1 Å². The number of likely N-dealkylation sites (N-methyl/N-ethyl adjacent to an activating group) is 2. The number of nitrogens with zero attached hydrogens (tertiary/aromatic N) is 3. The van der Waals surface area contributed by atoms with E-state index < -0.39 is 5.97 Å². The molecule has 1 heterocycles. The molecule has 1 saturated heterocycles. The van der Waals surface area contributed by atoms with Crippen molar-refractivity contribution in [3.05, 3.63) is 0 Å². The fourth-order valence-electron chi connectivity index (χ4n) is 3.21. The number of piperazine rings is 1. The van der Waals surface area contributed by atoms with Crippen LogP contribution in [0.3, 0.4) is 0 Å². The molecule has 1 aliphatic heterocycles. The fourth-order valence-corrected chi connectivity index (χ4v) is 3.21. The zero-order valence-electron chi connectivity index (χ0n) is 13.6. The van der Waals surface area contributed by atoms with Crippen molar-refractivity contribution in [2.45, 2.75) is 38.8 Å². The Morgan fingerprint density at radius 1 is 1.18 bits per heavy atom. The first kappa shape index (κ1) is 17.0. The van der Waals surface area contributed by atoms with Crippen molar-refractivity contribution in [2.75, 3.05) is 45.8 Å². The summed E-state index contributed by atoms with van der Waals surface area (Å²) in [5.74, 6) is -0.789. The molecule has 2 rings (SSSR count). The Bertz CT molecular complexity index is 390. The number of carboxylic acids is 1. The number of rotatable bonds is 6. The molecule has 2 amide bonds. The number of carbonyl (C=O) groups is 2. The predicted octanol–water partition coefficient (Wildman–Crippen LogP) is 0.271. The van der Waals surface area contributed by atoms with E-state index in [-0.39, 0.29) is 24.7 Å². The lowest BCUT2D eigenvalue weighted by atomic mass is 9.85. The molecule has 2 fully saturated rings. The first-order valence-electron chi connectivity index (χ1n) is 8.27. The average molecular weight is 312 g/mol. The Hall–Kier alpha value is -1.34. The van der Waals surface area contributed by atoms with Gasteiger partial charge in [0, 0.05) is 38.3 Å². The Morgan fingerprint density at radius 2 is 1.82 bits per heavy atom. The van der Waals surface area contributed by atoms with E-state index in [9.17, 15) is 9.59 Å². The molecule has 0 atom stereocenters. The lowest BCUT2D eigenvalue weighted by Gasteiger charge is -2.43. The van der Waals surface area contributed by atoms with Crippen LogP contribution in [0.4, 0.5) is 4.79 Å². The van der Waals surface area contributed by atoms with Crippen LogP contribution >= 0.6 is 0 Å². The smallest absolute Gasteiger partial charge is 0.317 e. The number of hydrogen-bond acceptors (Lipinski definition) is 4. The third-order valence-corrected chi connectivity index (χ3v) is 4.81. The molecule has 7 nitrogen and oxygen atoms in total. The molecule has 0 aromatic heterocycles. The van der Waals surface area contributed by atoms with Crippen molar-refractivity contribution < 1.29 is 14.7 Å². The van der Waals surface area contributed by atoms with Gasteiger partial charge in [-0.15, -0.1) is 0 Å². The van der Waals surface area contributed by atoms with Crippen molar-refractivity contribution in [3.63, 3.8) is 0 Å². The van der Waals surface area contributed by atoms with Crippen LogP contribution in [-0.2, 0) is 4.79 Å². The maximum Gasteiger partial charge on any atom is 0.317 e. The zero-order chi connectivity index (χ0) is 16.1. The number of amides is 2. The fraction of sp³-hybridized carbons (Fsp3) is 0.867. The molecular formula is C15H28N4O3. The van der Waals surface area contributed by atoms with Crippen molar-refractivity contribution in [1.29, 1.82) is 0 Å². The van der Waals surface area contributed by atoms with Crippen LogP contribution in [0.1, 0.15) is 26.7 Å². The highest BCUT2D eigenvalue weighted by molar-refractivity contribution is 5.74. The quantitative estimate of drug-likeness (QED) is 0.736. The first-order valence-corrected chi connectivity index (χ1v) is 8.27. The van der Waals surface area contributed by atoms with E-state index in [1.807, 2.05) is 16.7 Å². The summed E-state index contributed by atoms with van der Waals surface area (Å²) in [5, 5.41) is 12.0. The molecule has 22 heavy (non-hydrogen) atoms. The van der Waals surface area contributed by atoms with Crippen LogP contribution in [0.5, 0.6) is 0 Å². The summed E-state index contributed by atoms with van der Waals surface area (Å²) >= 11 is 0. The van der Waals surface area contributed by atoms with Crippen LogP contribution in [0.25, 0.3) is 0 Å². The van der Waals surface area contributed by atoms with Gasteiger partial charge in [0.05, 0.1) is 6.54 Å². The van der Waals surface area contributed by atoms with Gasteiger partial charge >= 0.3 is 12.0 Å². The van der Waals surface area contributed by atoms with E-state index in [0.29, 0.717) is 0 Å². The molecule has 2 N–H and O–H groups in total. The lowest BCUT2D eigenvalue weighted by molar-refractivity contribution is -0.139. The predicted molar refractivity (Wildman–Crippen MR) is 83.9 cm³/mol. The van der Waals surface area contributed by atoms with Crippen molar-refractivity contribution in [1.82, 2.24) is 20.0 Å². The summed E-state index contributed by atoms with van der Waals surface area (Å²) < 4.78 is 0. The second-order valence-corrected chi connectivity index (χ2v) is 6.15. The molecular weight excluding hydrogens is 284 g/mol. The zero-order valence-corrected chi connectivity index (χ0v) is 13.6. The largest absolute Gasteiger partial charge is 0.480 e. The highest BCUT2D eigenvalue weighted by Crippen LogP contribution is 2.25. The summed E-state index contributed by atoms with van der Waals surface area (Å²) in [6.07, 6.45) is 1.70. The van der Waals surface area contributed by atoms with Gasteiger partial charge in [-0.05, 0) is 25.9 Å². The number of carboxylic acid groups (broad SMARTS) is 1. The normalized spacial score (nSPS) is 25.9. The highest BCUT2D eigenvalue weighted by Gasteiger charge is 2.35. The van der Waals surface area contributed by atoms with Crippen LogP contribution in [0.2, 0.25) is 0 Å². The summed E-state index contributed by atoms with van der Waals surface area (Å²) in [6.45, 7) is 9.43. The lowest BCUT2D eigenvalue weighted by Crippen LogP contribution is -2.58. The minimum atomic E-state index is -0.789. The Morgan fingerprint density at radius 3 is 2.32 bits per heavy atom. The number of nitrogens with one attached hydrogen (secondary N) is 1. The maximum absolute atomic E-state index is 12.2. The van der Waals surface area contributed by atoms with Gasteiger partial charge in [-0.1, -0.05) is 13.8 Å². The number of aliphatic carboxylic acids is 1. The highest BCUT2D eigenvalue weighted by atomic mass is 16.4. The Balaban J connectivity index is 1.69. The molecule has 1 aliphatic carbocycles.